The largest absolute Gasteiger partial charge is 0.383 e. The third-order valence-corrected chi connectivity index (χ3v) is 2.50. The van der Waals surface area contributed by atoms with E-state index in [1.165, 1.54) is 0 Å². The quantitative estimate of drug-likeness (QED) is 0.669. The second kappa shape index (κ2) is 10.6. The molecule has 0 saturated heterocycles. The van der Waals surface area contributed by atoms with E-state index in [0.29, 0.717) is 25.1 Å². The van der Waals surface area contributed by atoms with Gasteiger partial charge < -0.3 is 15.4 Å². The minimum Gasteiger partial charge on any atom is -0.383 e. The molecule has 0 rings (SSSR count). The number of halogens is 1. The maximum Gasteiger partial charge on any atom is 0.234 e. The van der Waals surface area contributed by atoms with Crippen molar-refractivity contribution in [3.05, 3.63) is 0 Å². The molecule has 0 aliphatic heterocycles. The van der Waals surface area contributed by atoms with Gasteiger partial charge in [0.1, 0.15) is 0 Å². The van der Waals surface area contributed by atoms with Crippen molar-refractivity contribution in [3.8, 4) is 0 Å². The van der Waals surface area contributed by atoms with Crippen molar-refractivity contribution in [2.75, 3.05) is 26.8 Å². The zero-order chi connectivity index (χ0) is 13.3. The van der Waals surface area contributed by atoms with E-state index in [9.17, 15) is 4.79 Å². The van der Waals surface area contributed by atoms with Gasteiger partial charge in [0, 0.05) is 19.7 Å². The predicted molar refractivity (Wildman–Crippen MR) is 78.3 cm³/mol. The van der Waals surface area contributed by atoms with Gasteiger partial charge in [-0.15, -0.1) is 12.4 Å². The van der Waals surface area contributed by atoms with Gasteiger partial charge in [-0.25, -0.2) is 0 Å². The van der Waals surface area contributed by atoms with Gasteiger partial charge >= 0.3 is 0 Å². The van der Waals surface area contributed by atoms with Crippen molar-refractivity contribution in [1.82, 2.24) is 10.6 Å². The van der Waals surface area contributed by atoms with Crippen LogP contribution in [0.1, 0.15) is 40.5 Å². The van der Waals surface area contributed by atoms with Gasteiger partial charge in [-0.05, 0) is 25.2 Å². The first kappa shape index (κ1) is 20.0. The van der Waals surface area contributed by atoms with Crippen molar-refractivity contribution in [2.24, 2.45) is 5.41 Å². The van der Waals surface area contributed by atoms with E-state index >= 15 is 0 Å². The molecular formula is C13H29ClN2O2. The van der Waals surface area contributed by atoms with Gasteiger partial charge in [0.25, 0.3) is 0 Å². The fourth-order valence-corrected chi connectivity index (χ4v) is 1.42. The van der Waals surface area contributed by atoms with Crippen LogP contribution >= 0.6 is 12.4 Å². The van der Waals surface area contributed by atoms with E-state index in [0.717, 1.165) is 12.8 Å². The summed E-state index contributed by atoms with van der Waals surface area (Å²) in [6.45, 7) is 10.4. The zero-order valence-electron chi connectivity index (χ0n) is 12.3. The van der Waals surface area contributed by atoms with E-state index in [1.807, 2.05) is 0 Å². The molecule has 5 heteroatoms. The molecule has 1 unspecified atom stereocenters. The van der Waals surface area contributed by atoms with Crippen LogP contribution in [0.5, 0.6) is 0 Å². The lowest BCUT2D eigenvalue weighted by molar-refractivity contribution is -0.120. The van der Waals surface area contributed by atoms with Gasteiger partial charge in [-0.1, -0.05) is 20.8 Å². The first-order valence-electron chi connectivity index (χ1n) is 6.34. The van der Waals surface area contributed by atoms with Crippen LogP contribution in [0.15, 0.2) is 0 Å². The average Bonchev–Trinajstić information content (AvgIpc) is 2.21. The van der Waals surface area contributed by atoms with Crippen molar-refractivity contribution in [2.45, 2.75) is 46.6 Å². The summed E-state index contributed by atoms with van der Waals surface area (Å²) in [6.07, 6.45) is 2.14. The Morgan fingerprint density at radius 3 is 2.44 bits per heavy atom. The summed E-state index contributed by atoms with van der Waals surface area (Å²) >= 11 is 0. The molecule has 0 aliphatic carbocycles. The Morgan fingerprint density at radius 2 is 1.94 bits per heavy atom. The van der Waals surface area contributed by atoms with E-state index < -0.39 is 0 Å². The SMILES string of the molecule is COCCNCC(=O)NC(C)CCC(C)(C)C.Cl. The second-order valence-corrected chi connectivity index (χ2v) is 5.74. The maximum atomic E-state index is 11.5. The molecular weight excluding hydrogens is 252 g/mol. The Labute approximate surface area is 118 Å². The number of rotatable bonds is 8. The Morgan fingerprint density at radius 1 is 1.33 bits per heavy atom. The summed E-state index contributed by atoms with van der Waals surface area (Å²) in [5.41, 5.74) is 0.329. The highest BCUT2D eigenvalue weighted by Gasteiger charge is 2.13. The van der Waals surface area contributed by atoms with Crippen LogP contribution in [0, 0.1) is 5.41 Å². The van der Waals surface area contributed by atoms with Crippen LogP contribution in [0.25, 0.3) is 0 Å². The van der Waals surface area contributed by atoms with E-state index in [4.69, 9.17) is 4.74 Å². The maximum absolute atomic E-state index is 11.5. The van der Waals surface area contributed by atoms with Gasteiger partial charge in [0.05, 0.1) is 13.2 Å². The number of hydrogen-bond acceptors (Lipinski definition) is 3. The van der Waals surface area contributed by atoms with Crippen molar-refractivity contribution < 1.29 is 9.53 Å². The summed E-state index contributed by atoms with van der Waals surface area (Å²) in [6, 6.07) is 0.242. The standard InChI is InChI=1S/C13H28N2O2.ClH/c1-11(6-7-13(2,3)4)15-12(16)10-14-8-9-17-5;/h11,14H,6-10H2,1-5H3,(H,15,16);1H. The molecule has 18 heavy (non-hydrogen) atoms. The highest BCUT2D eigenvalue weighted by molar-refractivity contribution is 5.85. The Bertz CT molecular complexity index is 218. The van der Waals surface area contributed by atoms with Crippen molar-refractivity contribution in [1.29, 1.82) is 0 Å². The molecule has 0 saturated carbocycles. The van der Waals surface area contributed by atoms with Crippen LogP contribution < -0.4 is 10.6 Å². The normalized spacial score (nSPS) is 12.7. The summed E-state index contributed by atoms with van der Waals surface area (Å²) < 4.78 is 4.89. The zero-order valence-corrected chi connectivity index (χ0v) is 13.2. The molecule has 0 aliphatic rings. The first-order valence-corrected chi connectivity index (χ1v) is 6.34. The summed E-state index contributed by atoms with van der Waals surface area (Å²) in [4.78, 5) is 11.5. The first-order chi connectivity index (χ1) is 7.85. The number of methoxy groups -OCH3 is 1. The molecule has 4 nitrogen and oxygen atoms in total. The molecule has 110 valence electrons. The highest BCUT2D eigenvalue weighted by atomic mass is 35.5. The Balaban J connectivity index is 0. The Kier molecular flexibility index (Phi) is 11.8. The summed E-state index contributed by atoms with van der Waals surface area (Å²) in [7, 11) is 1.65. The van der Waals surface area contributed by atoms with E-state index in [1.54, 1.807) is 7.11 Å². The molecule has 0 aromatic carbocycles. The van der Waals surface area contributed by atoms with Gasteiger partial charge in [-0.3, -0.25) is 4.79 Å². The molecule has 0 aromatic rings. The minimum atomic E-state index is 0. The summed E-state index contributed by atoms with van der Waals surface area (Å²) in [5, 5.41) is 6.01. The smallest absolute Gasteiger partial charge is 0.234 e. The van der Waals surface area contributed by atoms with Gasteiger partial charge in [-0.2, -0.15) is 0 Å². The number of carbonyl (C=O) groups is 1. The van der Waals surface area contributed by atoms with Crippen LogP contribution in [-0.2, 0) is 9.53 Å². The van der Waals surface area contributed by atoms with Crippen molar-refractivity contribution >= 4 is 18.3 Å². The lowest BCUT2D eigenvalue weighted by atomic mass is 9.89. The third-order valence-electron chi connectivity index (χ3n) is 2.50. The highest BCUT2D eigenvalue weighted by Crippen LogP contribution is 2.21. The average molecular weight is 281 g/mol. The van der Waals surface area contributed by atoms with Crippen LogP contribution in [0.3, 0.4) is 0 Å². The molecule has 1 atom stereocenters. The van der Waals surface area contributed by atoms with Crippen molar-refractivity contribution in [3.63, 3.8) is 0 Å². The van der Waals surface area contributed by atoms with Crippen LogP contribution in [0.4, 0.5) is 0 Å². The van der Waals surface area contributed by atoms with Gasteiger partial charge in [0.15, 0.2) is 0 Å². The molecule has 0 fully saturated rings. The molecule has 0 radical (unpaired) electrons. The van der Waals surface area contributed by atoms with Crippen LogP contribution in [0.2, 0.25) is 0 Å². The third kappa shape index (κ3) is 13.7. The lowest BCUT2D eigenvalue weighted by Crippen LogP contribution is -2.40. The number of amides is 1. The fourth-order valence-electron chi connectivity index (χ4n) is 1.42. The van der Waals surface area contributed by atoms with Crippen LogP contribution in [-0.4, -0.2) is 38.8 Å². The number of ether oxygens (including phenoxy) is 1. The lowest BCUT2D eigenvalue weighted by Gasteiger charge is -2.21. The van der Waals surface area contributed by atoms with E-state index in [-0.39, 0.29) is 24.4 Å². The second-order valence-electron chi connectivity index (χ2n) is 5.74. The number of nitrogens with one attached hydrogen (secondary N) is 2. The fraction of sp³-hybridized carbons (Fsp3) is 0.923. The number of carbonyl (C=O) groups excluding carboxylic acids is 1. The molecule has 0 aromatic heterocycles. The monoisotopic (exact) mass is 280 g/mol. The Hall–Kier alpha value is -0.320. The summed E-state index contributed by atoms with van der Waals surface area (Å²) in [5.74, 6) is 0.0579. The number of hydrogen-bond donors (Lipinski definition) is 2. The molecule has 2 N–H and O–H groups in total. The predicted octanol–water partition coefficient (Wildman–Crippen LogP) is 1.98. The van der Waals surface area contributed by atoms with Gasteiger partial charge in [0.2, 0.25) is 5.91 Å². The topological polar surface area (TPSA) is 50.4 Å². The minimum absolute atomic E-state index is 0. The molecule has 0 bridgehead atoms. The molecule has 0 spiro atoms. The molecule has 0 heterocycles. The van der Waals surface area contributed by atoms with E-state index in [2.05, 4.69) is 38.3 Å². The molecule has 1 amide bonds.